The van der Waals surface area contributed by atoms with Crippen LogP contribution < -0.4 is 10.6 Å². The number of nitrogens with zero attached hydrogens (tertiary/aromatic N) is 3. The van der Waals surface area contributed by atoms with Crippen molar-refractivity contribution in [3.8, 4) is 0 Å². The molecular formula is C16H23N5O3S. The van der Waals surface area contributed by atoms with E-state index >= 15 is 0 Å². The predicted molar refractivity (Wildman–Crippen MR) is 95.1 cm³/mol. The zero-order chi connectivity index (χ0) is 18.0. The van der Waals surface area contributed by atoms with Crippen LogP contribution >= 0.6 is 0 Å². The first-order chi connectivity index (χ1) is 11.9. The van der Waals surface area contributed by atoms with E-state index in [0.717, 1.165) is 30.9 Å². The summed E-state index contributed by atoms with van der Waals surface area (Å²) >= 11 is 0. The van der Waals surface area contributed by atoms with E-state index in [0.29, 0.717) is 24.0 Å². The Morgan fingerprint density at radius 2 is 2.00 bits per heavy atom. The lowest BCUT2D eigenvalue weighted by atomic mass is 10.2. The first kappa shape index (κ1) is 17.7. The molecule has 0 spiro atoms. The SMILES string of the molecule is CCNc1ccc(S(=O)(=O)N(C)C)cc1NCc1nc(C2CC2)no1. The molecule has 3 rings (SSSR count). The standard InChI is InChI=1S/C16H23N5O3S/c1-4-17-13-8-7-12(25(22,23)21(2)3)9-14(13)18-10-15-19-16(20-24-15)11-5-6-11/h7-9,11,17-18H,4-6,10H2,1-3H3. The molecule has 1 heterocycles. The van der Waals surface area contributed by atoms with E-state index in [2.05, 4.69) is 20.8 Å². The molecule has 0 saturated heterocycles. The van der Waals surface area contributed by atoms with Gasteiger partial charge in [-0.3, -0.25) is 0 Å². The van der Waals surface area contributed by atoms with E-state index in [1.807, 2.05) is 6.92 Å². The summed E-state index contributed by atoms with van der Waals surface area (Å²) in [7, 11) is -0.474. The van der Waals surface area contributed by atoms with E-state index in [1.165, 1.54) is 18.4 Å². The lowest BCUT2D eigenvalue weighted by Gasteiger charge is -2.16. The quantitative estimate of drug-likeness (QED) is 0.740. The Labute approximate surface area is 147 Å². The molecule has 25 heavy (non-hydrogen) atoms. The van der Waals surface area contributed by atoms with Crippen LogP contribution in [0.3, 0.4) is 0 Å². The highest BCUT2D eigenvalue weighted by atomic mass is 32.2. The van der Waals surface area contributed by atoms with Gasteiger partial charge >= 0.3 is 0 Å². The minimum absolute atomic E-state index is 0.228. The van der Waals surface area contributed by atoms with Crippen molar-refractivity contribution in [3.63, 3.8) is 0 Å². The summed E-state index contributed by atoms with van der Waals surface area (Å²) in [5.41, 5.74) is 1.50. The first-order valence-corrected chi connectivity index (χ1v) is 9.72. The second kappa shape index (κ2) is 7.01. The molecule has 0 bridgehead atoms. The molecule has 136 valence electrons. The van der Waals surface area contributed by atoms with Gasteiger partial charge in [-0.1, -0.05) is 5.16 Å². The summed E-state index contributed by atoms with van der Waals surface area (Å²) in [6.45, 7) is 3.04. The Hall–Kier alpha value is -2.13. The molecule has 0 atom stereocenters. The third-order valence-electron chi connectivity index (χ3n) is 3.99. The number of hydrogen-bond acceptors (Lipinski definition) is 7. The summed E-state index contributed by atoms with van der Waals surface area (Å²) in [6, 6.07) is 4.97. The average Bonchev–Trinajstić information content (AvgIpc) is 3.32. The Balaban J connectivity index is 1.81. The molecule has 1 fully saturated rings. The largest absolute Gasteiger partial charge is 0.384 e. The Bertz CT molecular complexity index is 843. The van der Waals surface area contributed by atoms with Crippen LogP contribution in [0.5, 0.6) is 0 Å². The fourth-order valence-corrected chi connectivity index (χ4v) is 3.33. The molecule has 2 aromatic rings. The molecule has 1 saturated carbocycles. The van der Waals surface area contributed by atoms with Gasteiger partial charge in [0.2, 0.25) is 15.9 Å². The van der Waals surface area contributed by atoms with Gasteiger partial charge in [-0.25, -0.2) is 12.7 Å². The maximum atomic E-state index is 12.3. The van der Waals surface area contributed by atoms with Crippen LogP contribution in [0, 0.1) is 0 Å². The van der Waals surface area contributed by atoms with Crippen molar-refractivity contribution in [1.29, 1.82) is 0 Å². The van der Waals surface area contributed by atoms with Gasteiger partial charge in [0.05, 0.1) is 22.8 Å². The molecule has 0 unspecified atom stereocenters. The molecule has 1 aromatic carbocycles. The highest BCUT2D eigenvalue weighted by Gasteiger charge is 2.28. The van der Waals surface area contributed by atoms with Gasteiger partial charge in [-0.15, -0.1) is 0 Å². The molecule has 1 aliphatic carbocycles. The fourth-order valence-electron chi connectivity index (χ4n) is 2.40. The summed E-state index contributed by atoms with van der Waals surface area (Å²) in [5.74, 6) is 1.68. The Morgan fingerprint density at radius 3 is 2.64 bits per heavy atom. The molecule has 9 heteroatoms. The molecule has 8 nitrogen and oxygen atoms in total. The summed E-state index contributed by atoms with van der Waals surface area (Å²) < 4.78 is 31.1. The maximum Gasteiger partial charge on any atom is 0.245 e. The van der Waals surface area contributed by atoms with Gasteiger partial charge in [0.15, 0.2) is 5.82 Å². The topological polar surface area (TPSA) is 100 Å². The summed E-state index contributed by atoms with van der Waals surface area (Å²) in [4.78, 5) is 4.60. The second-order valence-electron chi connectivity index (χ2n) is 6.20. The average molecular weight is 365 g/mol. The van der Waals surface area contributed by atoms with Crippen LogP contribution in [-0.4, -0.2) is 43.5 Å². The normalized spacial score (nSPS) is 14.7. The summed E-state index contributed by atoms with van der Waals surface area (Å²) in [6.07, 6.45) is 2.23. The molecule has 0 radical (unpaired) electrons. The number of sulfonamides is 1. The monoisotopic (exact) mass is 365 g/mol. The lowest BCUT2D eigenvalue weighted by molar-refractivity contribution is 0.378. The predicted octanol–water partition coefficient (Wildman–Crippen LogP) is 2.24. The lowest BCUT2D eigenvalue weighted by Crippen LogP contribution is -2.22. The second-order valence-corrected chi connectivity index (χ2v) is 8.35. The molecule has 1 aromatic heterocycles. The maximum absolute atomic E-state index is 12.3. The van der Waals surface area contributed by atoms with Crippen molar-refractivity contribution in [1.82, 2.24) is 14.4 Å². The van der Waals surface area contributed by atoms with Crippen LogP contribution in [0.4, 0.5) is 11.4 Å². The van der Waals surface area contributed by atoms with Gasteiger partial charge in [0.1, 0.15) is 0 Å². The zero-order valence-electron chi connectivity index (χ0n) is 14.6. The van der Waals surface area contributed by atoms with Gasteiger partial charge in [0, 0.05) is 26.6 Å². The van der Waals surface area contributed by atoms with Gasteiger partial charge in [-0.2, -0.15) is 4.98 Å². The highest BCUT2D eigenvalue weighted by molar-refractivity contribution is 7.89. The minimum atomic E-state index is -3.50. The smallest absolute Gasteiger partial charge is 0.245 e. The van der Waals surface area contributed by atoms with Crippen molar-refractivity contribution < 1.29 is 12.9 Å². The van der Waals surface area contributed by atoms with Crippen molar-refractivity contribution in [3.05, 3.63) is 29.9 Å². The van der Waals surface area contributed by atoms with Crippen LogP contribution in [-0.2, 0) is 16.6 Å². The van der Waals surface area contributed by atoms with E-state index < -0.39 is 10.0 Å². The van der Waals surface area contributed by atoms with Crippen molar-refractivity contribution in [2.45, 2.75) is 37.1 Å². The molecular weight excluding hydrogens is 342 g/mol. The number of nitrogens with one attached hydrogen (secondary N) is 2. The van der Waals surface area contributed by atoms with E-state index in [1.54, 1.807) is 18.2 Å². The van der Waals surface area contributed by atoms with Crippen LogP contribution in [0.15, 0.2) is 27.6 Å². The van der Waals surface area contributed by atoms with E-state index in [4.69, 9.17) is 4.52 Å². The molecule has 0 aliphatic heterocycles. The molecule has 2 N–H and O–H groups in total. The molecule has 1 aliphatic rings. The third-order valence-corrected chi connectivity index (χ3v) is 5.80. The van der Waals surface area contributed by atoms with Gasteiger partial charge in [0.25, 0.3) is 0 Å². The van der Waals surface area contributed by atoms with Crippen molar-refractivity contribution >= 4 is 21.4 Å². The Kier molecular flexibility index (Phi) is 4.96. The minimum Gasteiger partial charge on any atom is -0.384 e. The number of rotatable bonds is 8. The van der Waals surface area contributed by atoms with Crippen LogP contribution in [0.1, 0.15) is 37.4 Å². The van der Waals surface area contributed by atoms with Gasteiger partial charge in [-0.05, 0) is 38.0 Å². The van der Waals surface area contributed by atoms with E-state index in [-0.39, 0.29) is 4.90 Å². The number of aromatic nitrogens is 2. The summed E-state index contributed by atoms with van der Waals surface area (Å²) in [5, 5.41) is 10.4. The fraction of sp³-hybridized carbons (Fsp3) is 0.500. The number of benzene rings is 1. The highest BCUT2D eigenvalue weighted by Crippen LogP contribution is 2.38. The first-order valence-electron chi connectivity index (χ1n) is 8.28. The zero-order valence-corrected chi connectivity index (χ0v) is 15.4. The van der Waals surface area contributed by atoms with Crippen LogP contribution in [0.25, 0.3) is 0 Å². The number of anilines is 2. The number of hydrogen-bond donors (Lipinski definition) is 2. The Morgan fingerprint density at radius 1 is 1.24 bits per heavy atom. The third kappa shape index (κ3) is 3.93. The van der Waals surface area contributed by atoms with Gasteiger partial charge < -0.3 is 15.2 Å². The van der Waals surface area contributed by atoms with Crippen molar-refractivity contribution in [2.24, 2.45) is 0 Å². The molecule has 0 amide bonds. The van der Waals surface area contributed by atoms with Crippen molar-refractivity contribution in [2.75, 3.05) is 31.3 Å². The van der Waals surface area contributed by atoms with E-state index in [9.17, 15) is 8.42 Å². The van der Waals surface area contributed by atoms with Crippen LogP contribution in [0.2, 0.25) is 0 Å².